The third-order valence-electron chi connectivity index (χ3n) is 5.68. The van der Waals surface area contributed by atoms with E-state index in [1.807, 2.05) is 31.3 Å². The quantitative estimate of drug-likeness (QED) is 0.623. The van der Waals surface area contributed by atoms with E-state index in [1.54, 1.807) is 12.0 Å². The molecule has 0 aromatic heterocycles. The van der Waals surface area contributed by atoms with Crippen LogP contribution in [0.4, 0.5) is 4.79 Å². The molecule has 1 atom stereocenters. The molecule has 0 bridgehead atoms. The summed E-state index contributed by atoms with van der Waals surface area (Å²) in [7, 11) is 3.60. The second kappa shape index (κ2) is 9.44. The largest absolute Gasteiger partial charge is 0.497 e. The molecule has 0 unspecified atom stereocenters. The van der Waals surface area contributed by atoms with E-state index >= 15 is 0 Å². The maximum absolute atomic E-state index is 12.6. The molecule has 4 amide bonds. The number of rotatable bonds is 7. The second-order valence-corrected chi connectivity index (χ2v) is 8.12. The Balaban J connectivity index is 1.51. The summed E-state index contributed by atoms with van der Waals surface area (Å²) in [6, 6.07) is 7.31. The van der Waals surface area contributed by atoms with Gasteiger partial charge in [-0.3, -0.25) is 19.4 Å². The molecule has 0 spiro atoms. The molecule has 0 saturated carbocycles. The molecule has 9 nitrogen and oxygen atoms in total. The number of ether oxygens (including phenoxy) is 1. The lowest BCUT2D eigenvalue weighted by Crippen LogP contribution is -2.45. The lowest BCUT2D eigenvalue weighted by Gasteiger charge is -2.32. The highest BCUT2D eigenvalue weighted by Gasteiger charge is 2.35. The van der Waals surface area contributed by atoms with E-state index in [-0.39, 0.29) is 24.9 Å². The zero-order valence-electron chi connectivity index (χ0n) is 17.6. The molecular formula is C21H30N4O5. The van der Waals surface area contributed by atoms with Crippen molar-refractivity contribution in [3.63, 3.8) is 0 Å². The molecule has 30 heavy (non-hydrogen) atoms. The van der Waals surface area contributed by atoms with E-state index in [0.717, 1.165) is 16.2 Å². The third kappa shape index (κ3) is 5.48. The van der Waals surface area contributed by atoms with Gasteiger partial charge in [0.25, 0.3) is 5.91 Å². The Morgan fingerprint density at radius 2 is 1.97 bits per heavy atom. The summed E-state index contributed by atoms with van der Waals surface area (Å²) < 4.78 is 5.18. The third-order valence-corrected chi connectivity index (χ3v) is 5.68. The first-order valence-electron chi connectivity index (χ1n) is 10.2. The Hall–Kier alpha value is -2.65. The minimum Gasteiger partial charge on any atom is -0.497 e. The number of nitrogens with one attached hydrogen (secondary N) is 1. The summed E-state index contributed by atoms with van der Waals surface area (Å²) in [5.41, 5.74) is 0.234. The van der Waals surface area contributed by atoms with E-state index in [2.05, 4.69) is 10.2 Å². The van der Waals surface area contributed by atoms with E-state index in [1.165, 1.54) is 0 Å². The SMILES string of the molecule is COc1ccc(CN(C)C[C@]2(O)CCCN(C(=O)CN3C(=O)CNC3=O)CC2)cc1. The number of carbonyl (C=O) groups excluding carboxylic acids is 3. The number of aliphatic hydroxyl groups is 1. The molecule has 2 aliphatic rings. The van der Waals surface area contributed by atoms with Gasteiger partial charge < -0.3 is 20.1 Å². The van der Waals surface area contributed by atoms with Gasteiger partial charge in [-0.1, -0.05) is 12.1 Å². The molecule has 3 rings (SSSR count). The van der Waals surface area contributed by atoms with Gasteiger partial charge in [0.1, 0.15) is 12.3 Å². The monoisotopic (exact) mass is 418 g/mol. The molecule has 2 N–H and O–H groups in total. The molecule has 164 valence electrons. The van der Waals surface area contributed by atoms with Crippen molar-refractivity contribution in [1.29, 1.82) is 0 Å². The van der Waals surface area contributed by atoms with Crippen LogP contribution in [-0.2, 0) is 16.1 Å². The summed E-state index contributed by atoms with van der Waals surface area (Å²) in [5.74, 6) is 0.151. The minimum atomic E-state index is -0.892. The van der Waals surface area contributed by atoms with Gasteiger partial charge >= 0.3 is 6.03 Å². The van der Waals surface area contributed by atoms with E-state index in [9.17, 15) is 19.5 Å². The van der Waals surface area contributed by atoms with E-state index < -0.39 is 11.6 Å². The summed E-state index contributed by atoms with van der Waals surface area (Å²) >= 11 is 0. The van der Waals surface area contributed by atoms with E-state index in [0.29, 0.717) is 45.4 Å². The van der Waals surface area contributed by atoms with Gasteiger partial charge in [0, 0.05) is 26.2 Å². The van der Waals surface area contributed by atoms with Crippen LogP contribution in [0.1, 0.15) is 24.8 Å². The normalized spacial score (nSPS) is 22.3. The molecule has 2 aliphatic heterocycles. The number of likely N-dealkylation sites (tertiary alicyclic amines) is 1. The van der Waals surface area contributed by atoms with Crippen LogP contribution in [0.5, 0.6) is 5.75 Å². The van der Waals surface area contributed by atoms with Crippen molar-refractivity contribution in [2.45, 2.75) is 31.4 Å². The number of urea groups is 1. The maximum Gasteiger partial charge on any atom is 0.325 e. The number of hydrogen-bond acceptors (Lipinski definition) is 6. The number of methoxy groups -OCH3 is 1. The fraction of sp³-hybridized carbons (Fsp3) is 0.571. The zero-order valence-corrected chi connectivity index (χ0v) is 17.6. The smallest absolute Gasteiger partial charge is 0.325 e. The van der Waals surface area contributed by atoms with Crippen molar-refractivity contribution >= 4 is 17.8 Å². The molecule has 9 heteroatoms. The highest BCUT2D eigenvalue weighted by Crippen LogP contribution is 2.24. The van der Waals surface area contributed by atoms with Crippen LogP contribution in [0.15, 0.2) is 24.3 Å². The van der Waals surface area contributed by atoms with Crippen LogP contribution in [-0.4, -0.2) is 90.1 Å². The Kier molecular flexibility index (Phi) is 6.94. The van der Waals surface area contributed by atoms with E-state index in [4.69, 9.17) is 4.74 Å². The van der Waals surface area contributed by atoms with Crippen LogP contribution in [0.25, 0.3) is 0 Å². The van der Waals surface area contributed by atoms with Crippen molar-refractivity contribution in [3.8, 4) is 5.75 Å². The maximum atomic E-state index is 12.6. The van der Waals surface area contributed by atoms with Gasteiger partial charge in [-0.25, -0.2) is 4.79 Å². The lowest BCUT2D eigenvalue weighted by molar-refractivity contribution is -0.136. The summed E-state index contributed by atoms with van der Waals surface area (Å²) in [6.45, 7) is 1.78. The Morgan fingerprint density at radius 1 is 1.23 bits per heavy atom. The van der Waals surface area contributed by atoms with Crippen molar-refractivity contribution in [3.05, 3.63) is 29.8 Å². The molecule has 1 aromatic carbocycles. The van der Waals surface area contributed by atoms with Crippen molar-refractivity contribution in [2.75, 3.05) is 46.9 Å². The number of carbonyl (C=O) groups is 3. The minimum absolute atomic E-state index is 0.0631. The number of nitrogens with zero attached hydrogens (tertiary/aromatic N) is 3. The van der Waals surface area contributed by atoms with Crippen LogP contribution >= 0.6 is 0 Å². The molecule has 2 heterocycles. The molecule has 2 saturated heterocycles. The van der Waals surface area contributed by atoms with Crippen molar-refractivity contribution < 1.29 is 24.2 Å². The number of amides is 4. The number of hydrogen-bond donors (Lipinski definition) is 2. The van der Waals surface area contributed by atoms with Crippen LogP contribution in [0.3, 0.4) is 0 Å². The average Bonchev–Trinajstić information content (AvgIpc) is 2.90. The fourth-order valence-electron chi connectivity index (χ4n) is 4.04. The average molecular weight is 418 g/mol. The highest BCUT2D eigenvalue weighted by molar-refractivity contribution is 6.04. The number of imide groups is 1. The Labute approximate surface area is 176 Å². The van der Waals surface area contributed by atoms with Crippen molar-refractivity contribution in [2.24, 2.45) is 0 Å². The summed E-state index contributed by atoms with van der Waals surface area (Å²) in [6.07, 6.45) is 1.71. The lowest BCUT2D eigenvalue weighted by atomic mass is 9.94. The van der Waals surface area contributed by atoms with Crippen molar-refractivity contribution in [1.82, 2.24) is 20.0 Å². The molecule has 0 aliphatic carbocycles. The highest BCUT2D eigenvalue weighted by atomic mass is 16.5. The predicted octanol–water partition coefficient (Wildman–Crippen LogP) is 0.422. The standard InChI is InChI=1S/C21H30N4O5/c1-23(13-16-4-6-17(30-2)7-5-16)15-21(29)8-3-10-24(11-9-21)19(27)14-25-18(26)12-22-20(25)28/h4-7,29H,3,8-15H2,1-2H3,(H,22,28)/t21-/m0/s1. The van der Waals surface area contributed by atoms with Gasteiger partial charge in [-0.2, -0.15) is 0 Å². The van der Waals surface area contributed by atoms with Gasteiger partial charge in [0.05, 0.1) is 19.3 Å². The van der Waals surface area contributed by atoms with Crippen LogP contribution in [0, 0.1) is 0 Å². The topological polar surface area (TPSA) is 102 Å². The first kappa shape index (κ1) is 22.0. The second-order valence-electron chi connectivity index (χ2n) is 8.12. The molecule has 0 radical (unpaired) electrons. The Bertz CT molecular complexity index is 768. The Morgan fingerprint density at radius 3 is 2.60 bits per heavy atom. The fourth-order valence-corrected chi connectivity index (χ4v) is 4.04. The predicted molar refractivity (Wildman–Crippen MR) is 110 cm³/mol. The molecule has 2 fully saturated rings. The van der Waals surface area contributed by atoms with Gasteiger partial charge in [0.15, 0.2) is 0 Å². The summed E-state index contributed by atoms with van der Waals surface area (Å²) in [5, 5.41) is 13.5. The first-order chi connectivity index (χ1) is 14.3. The van der Waals surface area contributed by atoms with Gasteiger partial charge in [-0.05, 0) is 44.0 Å². The molecule has 1 aromatic rings. The van der Waals surface area contributed by atoms with Gasteiger partial charge in [-0.15, -0.1) is 0 Å². The summed E-state index contributed by atoms with van der Waals surface area (Å²) in [4.78, 5) is 40.6. The molecular weight excluding hydrogens is 388 g/mol. The zero-order chi connectivity index (χ0) is 21.7. The van der Waals surface area contributed by atoms with Crippen LogP contribution in [0.2, 0.25) is 0 Å². The van der Waals surface area contributed by atoms with Gasteiger partial charge in [0.2, 0.25) is 5.91 Å². The number of likely N-dealkylation sites (N-methyl/N-ethyl adjacent to an activating group) is 1. The van der Waals surface area contributed by atoms with Crippen LogP contribution < -0.4 is 10.1 Å². The first-order valence-corrected chi connectivity index (χ1v) is 10.2. The number of benzene rings is 1.